The molecule has 0 spiro atoms. The number of carbonyl (C=O) groups is 2. The summed E-state index contributed by atoms with van der Waals surface area (Å²) in [6.45, 7) is 2.23. The molecule has 118 valence electrons. The summed E-state index contributed by atoms with van der Waals surface area (Å²) in [5.74, 6) is -0.595. The van der Waals surface area contributed by atoms with Crippen molar-refractivity contribution < 1.29 is 9.59 Å². The van der Waals surface area contributed by atoms with Crippen LogP contribution in [0.25, 0.3) is 5.57 Å². The van der Waals surface area contributed by atoms with E-state index in [1.54, 1.807) is 0 Å². The minimum absolute atomic E-state index is 0.281. The number of hydrogen-bond acceptors (Lipinski definition) is 2. The molecular formula is C19H25NO2. The zero-order valence-corrected chi connectivity index (χ0v) is 13.4. The van der Waals surface area contributed by atoms with Gasteiger partial charge in [-0.2, -0.15) is 0 Å². The Kier molecular flexibility index (Phi) is 6.38. The lowest BCUT2D eigenvalue weighted by molar-refractivity contribution is -0.123. The van der Waals surface area contributed by atoms with Crippen molar-refractivity contribution in [2.45, 2.75) is 58.3 Å². The lowest BCUT2D eigenvalue weighted by atomic mass is 9.95. The predicted octanol–water partition coefficient (Wildman–Crippen LogP) is 4.02. The second kappa shape index (κ2) is 8.52. The van der Waals surface area contributed by atoms with E-state index >= 15 is 0 Å². The van der Waals surface area contributed by atoms with Crippen molar-refractivity contribution in [3.63, 3.8) is 0 Å². The maximum atomic E-state index is 11.8. The maximum Gasteiger partial charge on any atom is 0.258 e. The summed E-state index contributed by atoms with van der Waals surface area (Å²) < 4.78 is 0. The normalized spacial score (nSPS) is 14.1. The van der Waals surface area contributed by atoms with Crippen LogP contribution in [-0.2, 0) is 16.0 Å². The average molecular weight is 299 g/mol. The predicted molar refractivity (Wildman–Crippen MR) is 89.3 cm³/mol. The molecule has 3 nitrogen and oxygen atoms in total. The van der Waals surface area contributed by atoms with E-state index in [-0.39, 0.29) is 11.8 Å². The number of rotatable bonds is 9. The van der Waals surface area contributed by atoms with Gasteiger partial charge in [0.1, 0.15) is 0 Å². The van der Waals surface area contributed by atoms with Gasteiger partial charge < -0.3 is 0 Å². The number of hydrogen-bond donors (Lipinski definition) is 1. The van der Waals surface area contributed by atoms with Crippen molar-refractivity contribution in [3.05, 3.63) is 41.5 Å². The van der Waals surface area contributed by atoms with E-state index in [9.17, 15) is 9.59 Å². The lowest BCUT2D eigenvalue weighted by Gasteiger charge is -2.09. The van der Waals surface area contributed by atoms with Crippen LogP contribution < -0.4 is 5.32 Å². The van der Waals surface area contributed by atoms with E-state index < -0.39 is 0 Å². The highest BCUT2D eigenvalue weighted by molar-refractivity contribution is 6.33. The van der Waals surface area contributed by atoms with Gasteiger partial charge >= 0.3 is 0 Å². The van der Waals surface area contributed by atoms with Crippen LogP contribution >= 0.6 is 0 Å². The first-order chi connectivity index (χ1) is 10.7. The minimum Gasteiger partial charge on any atom is -0.289 e. The first-order valence-corrected chi connectivity index (χ1v) is 8.37. The Hall–Kier alpha value is -1.90. The van der Waals surface area contributed by atoms with Gasteiger partial charge in [-0.3, -0.25) is 14.9 Å². The van der Waals surface area contributed by atoms with Crippen LogP contribution in [0.4, 0.5) is 0 Å². The van der Waals surface area contributed by atoms with E-state index in [1.807, 2.05) is 18.2 Å². The third-order valence-corrected chi connectivity index (χ3v) is 4.11. The molecule has 0 aliphatic carbocycles. The number of carbonyl (C=O) groups excluding carboxylic acids is 2. The highest BCUT2D eigenvalue weighted by atomic mass is 16.2. The van der Waals surface area contributed by atoms with Crippen molar-refractivity contribution >= 4 is 17.4 Å². The van der Waals surface area contributed by atoms with Gasteiger partial charge in [0.05, 0.1) is 5.57 Å². The van der Waals surface area contributed by atoms with E-state index in [0.717, 1.165) is 24.0 Å². The Balaban J connectivity index is 1.88. The van der Waals surface area contributed by atoms with Crippen LogP contribution in [-0.4, -0.2) is 11.8 Å². The summed E-state index contributed by atoms with van der Waals surface area (Å²) in [5.41, 5.74) is 2.56. The third kappa shape index (κ3) is 4.55. The molecule has 2 rings (SSSR count). The Morgan fingerprint density at radius 3 is 2.27 bits per heavy atom. The van der Waals surface area contributed by atoms with E-state index in [1.165, 1.54) is 44.6 Å². The standard InChI is InChI=1S/C19H25NO2/c1-2-3-4-5-6-7-8-11-15-12-9-10-13-16(15)17-14-18(21)20-19(17)22/h9-10,12-14H,2-8,11H2,1H3,(H,20,21,22). The molecule has 0 saturated carbocycles. The molecule has 22 heavy (non-hydrogen) atoms. The Labute approximate surface area is 132 Å². The van der Waals surface area contributed by atoms with Crippen molar-refractivity contribution in [3.8, 4) is 0 Å². The average Bonchev–Trinajstić information content (AvgIpc) is 2.85. The maximum absolute atomic E-state index is 11.8. The SMILES string of the molecule is CCCCCCCCCc1ccccc1C1=CC(=O)NC1=O. The second-order valence-electron chi connectivity index (χ2n) is 5.90. The van der Waals surface area contributed by atoms with Gasteiger partial charge in [0.15, 0.2) is 0 Å². The molecular weight excluding hydrogens is 274 g/mol. The van der Waals surface area contributed by atoms with E-state index in [2.05, 4.69) is 18.3 Å². The van der Waals surface area contributed by atoms with Gasteiger partial charge in [-0.15, -0.1) is 0 Å². The van der Waals surface area contributed by atoms with Gasteiger partial charge in [0, 0.05) is 6.08 Å². The van der Waals surface area contributed by atoms with Crippen LogP contribution in [0.2, 0.25) is 0 Å². The zero-order chi connectivity index (χ0) is 15.8. The summed E-state index contributed by atoms with van der Waals surface area (Å²) in [5, 5.41) is 2.32. The molecule has 1 aliphatic rings. The second-order valence-corrected chi connectivity index (χ2v) is 5.90. The molecule has 2 amide bonds. The van der Waals surface area contributed by atoms with Gasteiger partial charge in [-0.05, 0) is 24.0 Å². The molecule has 1 aliphatic heterocycles. The number of imide groups is 1. The van der Waals surface area contributed by atoms with E-state index in [0.29, 0.717) is 5.57 Å². The van der Waals surface area contributed by atoms with Crippen LogP contribution in [0.3, 0.4) is 0 Å². The van der Waals surface area contributed by atoms with Crippen molar-refractivity contribution in [1.82, 2.24) is 5.32 Å². The monoisotopic (exact) mass is 299 g/mol. The molecule has 0 aromatic heterocycles. The number of unbranched alkanes of at least 4 members (excludes halogenated alkanes) is 6. The molecule has 3 heteroatoms. The number of nitrogens with one attached hydrogen (secondary N) is 1. The lowest BCUT2D eigenvalue weighted by Crippen LogP contribution is -2.22. The van der Waals surface area contributed by atoms with Gasteiger partial charge in [0.2, 0.25) is 0 Å². The van der Waals surface area contributed by atoms with Crippen LogP contribution in [0, 0.1) is 0 Å². The highest BCUT2D eigenvalue weighted by Gasteiger charge is 2.23. The summed E-state index contributed by atoms with van der Waals surface area (Å²) in [6.07, 6.45) is 11.3. The molecule has 0 saturated heterocycles. The molecule has 1 aromatic rings. The summed E-state index contributed by atoms with van der Waals surface area (Å²) in [6, 6.07) is 7.90. The number of amides is 2. The molecule has 1 aromatic carbocycles. The summed E-state index contributed by atoms with van der Waals surface area (Å²) in [4.78, 5) is 23.1. The molecule has 1 heterocycles. The number of aryl methyl sites for hydroxylation is 1. The molecule has 0 fully saturated rings. The number of benzene rings is 1. The first-order valence-electron chi connectivity index (χ1n) is 8.37. The fraction of sp³-hybridized carbons (Fsp3) is 0.474. The quantitative estimate of drug-likeness (QED) is 0.553. The topological polar surface area (TPSA) is 46.2 Å². The minimum atomic E-state index is -0.314. The molecule has 0 radical (unpaired) electrons. The van der Waals surface area contributed by atoms with Crippen molar-refractivity contribution in [2.24, 2.45) is 0 Å². The zero-order valence-electron chi connectivity index (χ0n) is 13.4. The van der Waals surface area contributed by atoms with Gasteiger partial charge in [0.25, 0.3) is 11.8 Å². The van der Waals surface area contributed by atoms with Crippen molar-refractivity contribution in [2.75, 3.05) is 0 Å². The van der Waals surface area contributed by atoms with Gasteiger partial charge in [-0.25, -0.2) is 0 Å². The van der Waals surface area contributed by atoms with Crippen LogP contribution in [0.1, 0.15) is 63.0 Å². The largest absolute Gasteiger partial charge is 0.289 e. The van der Waals surface area contributed by atoms with Crippen LogP contribution in [0.15, 0.2) is 30.3 Å². The fourth-order valence-electron chi connectivity index (χ4n) is 2.89. The summed E-state index contributed by atoms with van der Waals surface area (Å²) >= 11 is 0. The van der Waals surface area contributed by atoms with Crippen molar-refractivity contribution in [1.29, 1.82) is 0 Å². The molecule has 0 bridgehead atoms. The Morgan fingerprint density at radius 2 is 1.59 bits per heavy atom. The summed E-state index contributed by atoms with van der Waals surface area (Å²) in [7, 11) is 0. The highest BCUT2D eigenvalue weighted by Crippen LogP contribution is 2.24. The molecule has 0 atom stereocenters. The van der Waals surface area contributed by atoms with Gasteiger partial charge in [-0.1, -0.05) is 69.7 Å². The smallest absolute Gasteiger partial charge is 0.258 e. The Morgan fingerprint density at radius 1 is 0.909 bits per heavy atom. The third-order valence-electron chi connectivity index (χ3n) is 4.11. The fourth-order valence-corrected chi connectivity index (χ4v) is 2.89. The van der Waals surface area contributed by atoms with E-state index in [4.69, 9.17) is 0 Å². The molecule has 1 N–H and O–H groups in total. The Bertz CT molecular complexity index is 560. The van der Waals surface area contributed by atoms with Crippen LogP contribution in [0.5, 0.6) is 0 Å². The first kappa shape index (κ1) is 16.5. The molecule has 0 unspecified atom stereocenters.